The van der Waals surface area contributed by atoms with Gasteiger partial charge in [-0.1, -0.05) is 13.8 Å². The van der Waals surface area contributed by atoms with E-state index in [2.05, 4.69) is 29.1 Å². The Morgan fingerprint density at radius 2 is 1.83 bits per heavy atom. The Bertz CT molecular complexity index is 421. The summed E-state index contributed by atoms with van der Waals surface area (Å²) in [5.41, 5.74) is 0. The average Bonchev–Trinajstić information content (AvgIpc) is 2.40. The molecule has 0 saturated carbocycles. The summed E-state index contributed by atoms with van der Waals surface area (Å²) >= 11 is 0. The maximum atomic E-state index is 12.3. The lowest BCUT2D eigenvalue weighted by molar-refractivity contribution is -0.157. The molecule has 1 fully saturated rings. The molecule has 1 aliphatic rings. The number of alkyl halides is 3. The summed E-state index contributed by atoms with van der Waals surface area (Å²) in [5.74, 6) is 0.993. The molecule has 0 aliphatic carbocycles. The topological polar surface area (TPSA) is 47.9 Å². The van der Waals surface area contributed by atoms with Crippen molar-refractivity contribution in [3.05, 3.63) is 0 Å². The first-order valence-corrected chi connectivity index (χ1v) is 7.96. The second kappa shape index (κ2) is 10.3. The van der Waals surface area contributed by atoms with Gasteiger partial charge in [0.05, 0.1) is 0 Å². The molecule has 9 heteroatoms. The van der Waals surface area contributed by atoms with Crippen molar-refractivity contribution in [3.63, 3.8) is 0 Å². The van der Waals surface area contributed by atoms with E-state index in [4.69, 9.17) is 0 Å². The molecule has 5 nitrogen and oxygen atoms in total. The number of rotatable bonds is 4. The molecule has 1 saturated heterocycles. The van der Waals surface area contributed by atoms with Gasteiger partial charge in [0, 0.05) is 26.7 Å². The number of nitrogens with one attached hydrogen (secondary N) is 1. The molecule has 0 spiro atoms. The Kier molecular flexibility index (Phi) is 9.98. The number of halogens is 4. The fourth-order valence-corrected chi connectivity index (χ4v) is 2.88. The second-order valence-corrected chi connectivity index (χ2v) is 6.39. The molecule has 0 aromatic rings. The zero-order valence-corrected chi connectivity index (χ0v) is 17.0. The fraction of sp³-hybridized carbons (Fsp3) is 0.867. The molecule has 1 heterocycles. The van der Waals surface area contributed by atoms with Crippen LogP contribution in [-0.4, -0.2) is 67.6 Å². The van der Waals surface area contributed by atoms with Crippen molar-refractivity contribution < 1.29 is 18.0 Å². The minimum absolute atomic E-state index is 0. The molecule has 1 rings (SSSR count). The minimum Gasteiger partial charge on any atom is -0.357 e. The van der Waals surface area contributed by atoms with Crippen LogP contribution in [0.25, 0.3) is 0 Å². The number of aliphatic imine (C=N–C) groups is 1. The third-order valence-electron chi connectivity index (χ3n) is 3.71. The molecule has 2 unspecified atom stereocenters. The van der Waals surface area contributed by atoms with Gasteiger partial charge < -0.3 is 15.1 Å². The van der Waals surface area contributed by atoms with Crippen LogP contribution in [0.2, 0.25) is 0 Å². The lowest BCUT2D eigenvalue weighted by Crippen LogP contribution is -2.49. The van der Waals surface area contributed by atoms with Gasteiger partial charge >= 0.3 is 6.18 Å². The van der Waals surface area contributed by atoms with Gasteiger partial charge in [0.2, 0.25) is 5.91 Å². The van der Waals surface area contributed by atoms with Gasteiger partial charge in [0.1, 0.15) is 13.1 Å². The molecule has 0 radical (unpaired) electrons. The number of hydrogen-bond acceptors (Lipinski definition) is 2. The highest BCUT2D eigenvalue weighted by Crippen LogP contribution is 2.21. The Morgan fingerprint density at radius 3 is 2.29 bits per heavy atom. The number of likely N-dealkylation sites (tertiary alicyclic amines) is 1. The van der Waals surface area contributed by atoms with Gasteiger partial charge in [-0.15, -0.1) is 24.0 Å². The van der Waals surface area contributed by atoms with Crippen LogP contribution < -0.4 is 5.32 Å². The Labute approximate surface area is 159 Å². The van der Waals surface area contributed by atoms with Crippen LogP contribution in [0.1, 0.15) is 27.2 Å². The summed E-state index contributed by atoms with van der Waals surface area (Å²) < 4.78 is 36.9. The van der Waals surface area contributed by atoms with E-state index in [1.165, 1.54) is 0 Å². The molecular weight excluding hydrogens is 436 g/mol. The third-order valence-corrected chi connectivity index (χ3v) is 3.71. The summed E-state index contributed by atoms with van der Waals surface area (Å²) in [7, 11) is 1.14. The molecule has 0 aromatic carbocycles. The summed E-state index contributed by atoms with van der Waals surface area (Å²) in [5, 5.41) is 3.12. The van der Waals surface area contributed by atoms with Crippen molar-refractivity contribution in [1.29, 1.82) is 0 Å². The van der Waals surface area contributed by atoms with Crippen molar-refractivity contribution in [2.75, 3.05) is 39.8 Å². The van der Waals surface area contributed by atoms with Gasteiger partial charge in [0.25, 0.3) is 0 Å². The Hall–Kier alpha value is -0.740. The van der Waals surface area contributed by atoms with Crippen LogP contribution in [0.3, 0.4) is 0 Å². The number of guanidine groups is 1. The summed E-state index contributed by atoms with van der Waals surface area (Å²) in [6.45, 7) is 7.02. The van der Waals surface area contributed by atoms with E-state index >= 15 is 0 Å². The fourth-order valence-electron chi connectivity index (χ4n) is 2.88. The van der Waals surface area contributed by atoms with Crippen LogP contribution >= 0.6 is 24.0 Å². The lowest BCUT2D eigenvalue weighted by Gasteiger charge is -2.37. The molecule has 24 heavy (non-hydrogen) atoms. The van der Waals surface area contributed by atoms with E-state index in [0.29, 0.717) is 29.2 Å². The van der Waals surface area contributed by atoms with Gasteiger partial charge in [-0.2, -0.15) is 13.2 Å². The normalized spacial score (nSPS) is 22.0. The highest BCUT2D eigenvalue weighted by Gasteiger charge is 2.31. The molecule has 1 amide bonds. The zero-order chi connectivity index (χ0) is 17.6. The number of piperidine rings is 1. The number of nitrogens with zero attached hydrogens (tertiary/aromatic N) is 3. The van der Waals surface area contributed by atoms with Crippen LogP contribution in [0.4, 0.5) is 13.2 Å². The van der Waals surface area contributed by atoms with Crippen molar-refractivity contribution in [2.45, 2.75) is 33.4 Å². The standard InChI is InChI=1S/C15H27F3N4O.HI/c1-5-19-14(22-8-11(2)6-12(3)9-22)20-7-13(23)21(4)10-15(16,17)18;/h11-12H,5-10H2,1-4H3,(H,19,20);1H. The molecular formula is C15H28F3IN4O. The quantitative estimate of drug-likeness (QED) is 0.396. The number of carbonyl (C=O) groups is 1. The molecule has 1 aliphatic heterocycles. The zero-order valence-electron chi connectivity index (χ0n) is 14.7. The van der Waals surface area contributed by atoms with Crippen LogP contribution in [0, 0.1) is 11.8 Å². The largest absolute Gasteiger partial charge is 0.406 e. The van der Waals surface area contributed by atoms with Gasteiger partial charge in [-0.05, 0) is 25.2 Å². The van der Waals surface area contributed by atoms with Gasteiger partial charge in [-0.3, -0.25) is 4.79 Å². The van der Waals surface area contributed by atoms with Crippen LogP contribution in [-0.2, 0) is 4.79 Å². The third kappa shape index (κ3) is 8.39. The van der Waals surface area contributed by atoms with Crippen LogP contribution in [0.15, 0.2) is 4.99 Å². The highest BCUT2D eigenvalue weighted by atomic mass is 127. The maximum Gasteiger partial charge on any atom is 0.406 e. The van der Waals surface area contributed by atoms with Crippen LogP contribution in [0.5, 0.6) is 0 Å². The number of amides is 1. The molecule has 142 valence electrons. The highest BCUT2D eigenvalue weighted by molar-refractivity contribution is 14.0. The monoisotopic (exact) mass is 464 g/mol. The summed E-state index contributed by atoms with van der Waals surface area (Å²) in [4.78, 5) is 18.8. The van der Waals surface area contributed by atoms with E-state index in [1.54, 1.807) is 0 Å². The number of carbonyl (C=O) groups excluding carboxylic acids is 1. The molecule has 2 atom stereocenters. The molecule has 1 N–H and O–H groups in total. The average molecular weight is 464 g/mol. The first-order valence-electron chi connectivity index (χ1n) is 7.96. The van der Waals surface area contributed by atoms with E-state index in [-0.39, 0.29) is 30.5 Å². The Balaban J connectivity index is 0.00000529. The van der Waals surface area contributed by atoms with Crippen molar-refractivity contribution in [1.82, 2.24) is 15.1 Å². The van der Waals surface area contributed by atoms with E-state index in [1.807, 2.05) is 6.92 Å². The first kappa shape index (κ1) is 23.3. The van der Waals surface area contributed by atoms with Crippen molar-refractivity contribution in [3.8, 4) is 0 Å². The minimum atomic E-state index is -4.39. The van der Waals surface area contributed by atoms with Crippen molar-refractivity contribution >= 4 is 35.8 Å². The number of hydrogen-bond donors (Lipinski definition) is 1. The predicted octanol–water partition coefficient (Wildman–Crippen LogP) is 2.57. The SMILES string of the molecule is CCNC(=NCC(=O)N(C)CC(F)(F)F)N1CC(C)CC(C)C1.I. The molecule has 0 aromatic heterocycles. The van der Waals surface area contributed by atoms with E-state index in [0.717, 1.165) is 26.6 Å². The smallest absolute Gasteiger partial charge is 0.357 e. The Morgan fingerprint density at radius 1 is 1.29 bits per heavy atom. The van der Waals surface area contributed by atoms with Crippen molar-refractivity contribution in [2.24, 2.45) is 16.8 Å². The second-order valence-electron chi connectivity index (χ2n) is 6.39. The summed E-state index contributed by atoms with van der Waals surface area (Å²) in [6, 6.07) is 0. The van der Waals surface area contributed by atoms with Gasteiger partial charge in [0.15, 0.2) is 5.96 Å². The number of likely N-dealkylation sites (N-methyl/N-ethyl adjacent to an activating group) is 1. The molecule has 0 bridgehead atoms. The predicted molar refractivity (Wildman–Crippen MR) is 99.6 cm³/mol. The lowest BCUT2D eigenvalue weighted by atomic mass is 9.92. The summed E-state index contributed by atoms with van der Waals surface area (Å²) in [6.07, 6.45) is -3.25. The van der Waals surface area contributed by atoms with E-state index in [9.17, 15) is 18.0 Å². The maximum absolute atomic E-state index is 12.3. The first-order chi connectivity index (χ1) is 10.6. The van der Waals surface area contributed by atoms with Gasteiger partial charge in [-0.25, -0.2) is 4.99 Å². The van der Waals surface area contributed by atoms with E-state index < -0.39 is 18.6 Å².